The Bertz CT molecular complexity index is 1570. The van der Waals surface area contributed by atoms with Crippen LogP contribution in [-0.4, -0.2) is 45.3 Å². The molecule has 10 nitrogen and oxygen atoms in total. The van der Waals surface area contributed by atoms with Crippen molar-refractivity contribution in [2.24, 2.45) is 5.10 Å². The molecular weight excluding hydrogens is 558 g/mol. The maximum atomic E-state index is 12.9. The van der Waals surface area contributed by atoms with Gasteiger partial charge in [0.25, 0.3) is 11.8 Å². The predicted molar refractivity (Wildman–Crippen MR) is 159 cm³/mol. The number of benzene rings is 3. The molecule has 0 aliphatic carbocycles. The third-order valence-electron chi connectivity index (χ3n) is 5.73. The van der Waals surface area contributed by atoms with Gasteiger partial charge in [-0.3, -0.25) is 9.59 Å². The van der Waals surface area contributed by atoms with Gasteiger partial charge in [0.05, 0.1) is 33.1 Å². The molecular formula is C31H27N3O7S. The number of amides is 2. The second-order valence-electron chi connectivity index (χ2n) is 8.47. The van der Waals surface area contributed by atoms with Gasteiger partial charge in [0.15, 0.2) is 11.5 Å². The molecule has 1 aromatic heterocycles. The predicted octanol–water partition coefficient (Wildman–Crippen LogP) is 4.91. The monoisotopic (exact) mass is 585 g/mol. The molecule has 0 radical (unpaired) electrons. The quantitative estimate of drug-likeness (QED) is 0.0842. The van der Waals surface area contributed by atoms with Crippen LogP contribution in [0, 0.1) is 0 Å². The zero-order valence-corrected chi connectivity index (χ0v) is 23.8. The van der Waals surface area contributed by atoms with Gasteiger partial charge >= 0.3 is 5.97 Å². The van der Waals surface area contributed by atoms with Gasteiger partial charge in [-0.2, -0.15) is 5.10 Å². The highest BCUT2D eigenvalue weighted by atomic mass is 32.1. The number of methoxy groups -OCH3 is 3. The van der Waals surface area contributed by atoms with E-state index in [-0.39, 0.29) is 11.3 Å². The number of hydrogen-bond acceptors (Lipinski definition) is 9. The Morgan fingerprint density at radius 3 is 2.10 bits per heavy atom. The summed E-state index contributed by atoms with van der Waals surface area (Å²) in [5, 5.41) is 8.52. The Labute approximate surface area is 246 Å². The zero-order chi connectivity index (χ0) is 29.9. The number of carbonyl (C=O) groups is 3. The summed E-state index contributed by atoms with van der Waals surface area (Å²) in [6.45, 7) is 0. The molecule has 0 spiro atoms. The van der Waals surface area contributed by atoms with E-state index in [1.54, 1.807) is 60.7 Å². The maximum absolute atomic E-state index is 12.9. The average Bonchev–Trinajstić information content (AvgIpc) is 3.54. The Hall–Kier alpha value is -5.42. The van der Waals surface area contributed by atoms with Crippen LogP contribution < -0.4 is 29.7 Å². The lowest BCUT2D eigenvalue weighted by atomic mass is 10.2. The van der Waals surface area contributed by atoms with Gasteiger partial charge in [-0.1, -0.05) is 24.3 Å². The lowest BCUT2D eigenvalue weighted by Crippen LogP contribution is -2.32. The highest BCUT2D eigenvalue weighted by Crippen LogP contribution is 2.38. The lowest BCUT2D eigenvalue weighted by Gasteiger charge is -2.13. The van der Waals surface area contributed by atoms with Gasteiger partial charge in [-0.05, 0) is 71.6 Å². The summed E-state index contributed by atoms with van der Waals surface area (Å²) in [5.74, 6) is -0.338. The smallest absolute Gasteiger partial charge is 0.343 e. The Kier molecular flexibility index (Phi) is 10.1. The fraction of sp³-hybridized carbons (Fsp3) is 0.0968. The fourth-order valence-corrected chi connectivity index (χ4v) is 4.33. The number of nitrogens with zero attached hydrogens (tertiary/aromatic N) is 1. The summed E-state index contributed by atoms with van der Waals surface area (Å²) in [5.41, 5.74) is 3.72. The van der Waals surface area contributed by atoms with Crippen LogP contribution in [-0.2, 0) is 4.79 Å². The van der Waals surface area contributed by atoms with Crippen LogP contribution in [0.4, 0.5) is 0 Å². The van der Waals surface area contributed by atoms with Crippen LogP contribution in [0.2, 0.25) is 0 Å². The summed E-state index contributed by atoms with van der Waals surface area (Å²) >= 11 is 1.42. The largest absolute Gasteiger partial charge is 0.493 e. The molecule has 3 aromatic carbocycles. The van der Waals surface area contributed by atoms with E-state index < -0.39 is 17.8 Å². The second kappa shape index (κ2) is 14.3. The number of ether oxygens (including phenoxy) is 4. The second-order valence-corrected chi connectivity index (χ2v) is 9.44. The molecule has 0 fully saturated rings. The van der Waals surface area contributed by atoms with E-state index in [1.165, 1.54) is 51.0 Å². The number of thiophene rings is 1. The first-order valence-electron chi connectivity index (χ1n) is 12.5. The highest BCUT2D eigenvalue weighted by Gasteiger charge is 2.18. The van der Waals surface area contributed by atoms with Crippen molar-refractivity contribution >= 4 is 41.4 Å². The summed E-state index contributed by atoms with van der Waals surface area (Å²) in [7, 11) is 4.38. The van der Waals surface area contributed by atoms with Crippen LogP contribution in [0.25, 0.3) is 6.08 Å². The first-order chi connectivity index (χ1) is 20.4. The van der Waals surface area contributed by atoms with Crippen molar-refractivity contribution in [2.45, 2.75) is 0 Å². The first-order valence-corrected chi connectivity index (χ1v) is 13.4. The Morgan fingerprint density at radius 1 is 0.810 bits per heavy atom. The van der Waals surface area contributed by atoms with Gasteiger partial charge in [0.2, 0.25) is 5.75 Å². The minimum Gasteiger partial charge on any atom is -0.493 e. The van der Waals surface area contributed by atoms with Crippen LogP contribution in [0.1, 0.15) is 31.2 Å². The van der Waals surface area contributed by atoms with E-state index in [2.05, 4.69) is 15.8 Å². The van der Waals surface area contributed by atoms with E-state index >= 15 is 0 Å². The molecule has 4 rings (SSSR count). The molecule has 11 heteroatoms. The molecule has 1 heterocycles. The molecule has 4 aromatic rings. The summed E-state index contributed by atoms with van der Waals surface area (Å²) in [6, 6.07) is 21.7. The van der Waals surface area contributed by atoms with Crippen LogP contribution in [0.15, 0.2) is 95.0 Å². The van der Waals surface area contributed by atoms with Gasteiger partial charge in [0.1, 0.15) is 11.4 Å². The highest BCUT2D eigenvalue weighted by molar-refractivity contribution is 7.10. The summed E-state index contributed by atoms with van der Waals surface area (Å²) < 4.78 is 21.3. The van der Waals surface area contributed by atoms with Gasteiger partial charge in [-0.25, -0.2) is 10.2 Å². The molecule has 42 heavy (non-hydrogen) atoms. The molecule has 0 aliphatic rings. The Balaban J connectivity index is 1.40. The fourth-order valence-electron chi connectivity index (χ4n) is 3.67. The molecule has 2 N–H and O–H groups in total. The number of rotatable bonds is 11. The first kappa shape index (κ1) is 29.6. The van der Waals surface area contributed by atoms with Crippen molar-refractivity contribution in [3.8, 4) is 23.0 Å². The maximum Gasteiger partial charge on any atom is 0.343 e. The van der Waals surface area contributed by atoms with Crippen molar-refractivity contribution in [1.29, 1.82) is 0 Å². The molecule has 2 amide bonds. The molecule has 0 saturated heterocycles. The third-order valence-corrected chi connectivity index (χ3v) is 6.55. The summed E-state index contributed by atoms with van der Waals surface area (Å²) in [6.07, 6.45) is 3.00. The van der Waals surface area contributed by atoms with Gasteiger partial charge in [-0.15, -0.1) is 11.3 Å². The lowest BCUT2D eigenvalue weighted by molar-refractivity contribution is -0.117. The number of carbonyl (C=O) groups excluding carboxylic acids is 3. The minimum atomic E-state index is -0.620. The summed E-state index contributed by atoms with van der Waals surface area (Å²) in [4.78, 5) is 39.1. The van der Waals surface area contributed by atoms with E-state index in [4.69, 9.17) is 18.9 Å². The zero-order valence-electron chi connectivity index (χ0n) is 23.0. The van der Waals surface area contributed by atoms with Crippen molar-refractivity contribution in [2.75, 3.05) is 21.3 Å². The SMILES string of the molecule is COc1cc(C(=O)Oc2ccc(/C=N/NC(=O)/C(=C/c3cccs3)NC(=O)c3ccccc3)cc2)cc(OC)c1OC. The average molecular weight is 586 g/mol. The molecule has 0 bridgehead atoms. The van der Waals surface area contributed by atoms with Crippen molar-refractivity contribution < 1.29 is 33.3 Å². The molecule has 0 saturated carbocycles. The normalized spacial score (nSPS) is 11.1. The standard InChI is InChI=1S/C31H27N3O7S/c1-38-26-16-22(17-27(39-2)28(26)40-3)31(37)41-23-13-11-20(12-14-23)19-32-34-30(36)25(18-24-10-7-15-42-24)33-29(35)21-8-5-4-6-9-21/h4-19H,1-3H3,(H,33,35)(H,34,36)/b25-18-,32-19+. The van der Waals surface area contributed by atoms with E-state index in [0.717, 1.165) is 4.88 Å². The van der Waals surface area contributed by atoms with Crippen LogP contribution in [0.3, 0.4) is 0 Å². The topological polar surface area (TPSA) is 125 Å². The van der Waals surface area contributed by atoms with Crippen LogP contribution in [0.5, 0.6) is 23.0 Å². The molecule has 214 valence electrons. The number of nitrogens with one attached hydrogen (secondary N) is 2. The van der Waals surface area contributed by atoms with E-state index in [0.29, 0.717) is 34.1 Å². The minimum absolute atomic E-state index is 0.0394. The Morgan fingerprint density at radius 2 is 1.50 bits per heavy atom. The van der Waals surface area contributed by atoms with Gasteiger partial charge in [0, 0.05) is 10.4 Å². The molecule has 0 atom stereocenters. The van der Waals surface area contributed by atoms with Crippen LogP contribution >= 0.6 is 11.3 Å². The van der Waals surface area contributed by atoms with E-state index in [9.17, 15) is 14.4 Å². The van der Waals surface area contributed by atoms with Crippen molar-refractivity contribution in [3.63, 3.8) is 0 Å². The van der Waals surface area contributed by atoms with Crippen molar-refractivity contribution in [3.05, 3.63) is 112 Å². The molecule has 0 aliphatic heterocycles. The van der Waals surface area contributed by atoms with Gasteiger partial charge < -0.3 is 24.3 Å². The van der Waals surface area contributed by atoms with E-state index in [1.807, 2.05) is 17.5 Å². The number of esters is 1. The molecule has 0 unspecified atom stereocenters. The third kappa shape index (κ3) is 7.61. The van der Waals surface area contributed by atoms with Crippen molar-refractivity contribution in [1.82, 2.24) is 10.7 Å². The number of hydrogen-bond donors (Lipinski definition) is 2. The number of hydrazone groups is 1.